The molecule has 0 aromatic carbocycles. The van der Waals surface area contributed by atoms with Gasteiger partial charge in [0.1, 0.15) is 36.6 Å². The second kappa shape index (κ2) is 50.2. The van der Waals surface area contributed by atoms with E-state index in [0.29, 0.717) is 12.8 Å². The molecule has 1 rings (SSSR count). The highest BCUT2D eigenvalue weighted by Gasteiger charge is 2.44. The zero-order valence-corrected chi connectivity index (χ0v) is 46.4. The van der Waals surface area contributed by atoms with Crippen LogP contribution in [-0.2, 0) is 14.3 Å². The number of carbonyl (C=O) groups excluding carboxylic acids is 1. The maximum Gasteiger partial charge on any atom is 0.249 e. The number of aliphatic hydroxyl groups is 7. The van der Waals surface area contributed by atoms with Crippen LogP contribution in [0.3, 0.4) is 0 Å². The van der Waals surface area contributed by atoms with Crippen LogP contribution < -0.4 is 5.32 Å². The minimum atomic E-state index is -1.67. The van der Waals surface area contributed by atoms with Crippen molar-refractivity contribution in [3.8, 4) is 0 Å². The number of hydrogen-bond donors (Lipinski definition) is 8. The van der Waals surface area contributed by atoms with Crippen LogP contribution >= 0.6 is 0 Å². The fraction of sp³-hybridized carbons (Fsp3) is 0.885. The molecule has 1 amide bonds. The first kappa shape index (κ1) is 68.3. The summed E-state index contributed by atoms with van der Waals surface area (Å²) in [5.41, 5.74) is 0. The number of ether oxygens (including phenoxy) is 2. The second-order valence-electron chi connectivity index (χ2n) is 21.4. The van der Waals surface area contributed by atoms with Gasteiger partial charge < -0.3 is 50.5 Å². The Bertz CT molecular complexity index is 1260. The minimum absolute atomic E-state index is 0.254. The third kappa shape index (κ3) is 38.0. The summed E-state index contributed by atoms with van der Waals surface area (Å²) in [6.45, 7) is 3.46. The van der Waals surface area contributed by atoms with Crippen molar-refractivity contribution in [2.24, 2.45) is 0 Å². The van der Waals surface area contributed by atoms with Crippen LogP contribution in [0.4, 0.5) is 0 Å². The van der Waals surface area contributed by atoms with Gasteiger partial charge in [-0.2, -0.15) is 0 Å². The van der Waals surface area contributed by atoms with Crippen molar-refractivity contribution >= 4 is 5.91 Å². The van der Waals surface area contributed by atoms with Gasteiger partial charge in [0, 0.05) is 0 Å². The van der Waals surface area contributed by atoms with Crippen molar-refractivity contribution in [2.45, 2.75) is 332 Å². The van der Waals surface area contributed by atoms with Crippen LogP contribution in [0.5, 0.6) is 0 Å². The van der Waals surface area contributed by atoms with Gasteiger partial charge in [-0.1, -0.05) is 243 Å². The molecule has 1 aliphatic rings. The normalized spacial score (nSPS) is 20.3. The number of carbonyl (C=O) groups is 1. The summed E-state index contributed by atoms with van der Waals surface area (Å²) in [6.07, 6.45) is 50.7. The highest BCUT2D eigenvalue weighted by atomic mass is 16.7. The van der Waals surface area contributed by atoms with Crippen molar-refractivity contribution in [3.05, 3.63) is 36.5 Å². The predicted molar refractivity (Wildman–Crippen MR) is 298 cm³/mol. The number of allylic oxidation sites excluding steroid dienone is 6. The molecular formula is C61H115NO10. The third-order valence-corrected chi connectivity index (χ3v) is 14.7. The lowest BCUT2D eigenvalue weighted by atomic mass is 9.98. The molecule has 0 aromatic rings. The number of unbranched alkanes of at least 4 members (excludes halogenated alkanes) is 34. The summed E-state index contributed by atoms with van der Waals surface area (Å²) in [7, 11) is 0. The lowest BCUT2D eigenvalue weighted by Crippen LogP contribution is -2.60. The second-order valence-corrected chi connectivity index (χ2v) is 21.4. The van der Waals surface area contributed by atoms with Crippen LogP contribution in [-0.4, -0.2) is 110 Å². The van der Waals surface area contributed by atoms with Crippen LogP contribution in [0, 0.1) is 0 Å². The monoisotopic (exact) mass is 1020 g/mol. The smallest absolute Gasteiger partial charge is 0.249 e. The van der Waals surface area contributed by atoms with Crippen molar-refractivity contribution in [1.29, 1.82) is 0 Å². The Morgan fingerprint density at radius 1 is 0.486 bits per heavy atom. The molecule has 0 aromatic heterocycles. The highest BCUT2D eigenvalue weighted by Crippen LogP contribution is 2.23. The molecule has 8 N–H and O–H groups in total. The largest absolute Gasteiger partial charge is 0.394 e. The van der Waals surface area contributed by atoms with Gasteiger partial charge in [0.25, 0.3) is 0 Å². The molecule has 72 heavy (non-hydrogen) atoms. The average molecular weight is 1020 g/mol. The van der Waals surface area contributed by atoms with Gasteiger partial charge in [-0.25, -0.2) is 0 Å². The number of nitrogens with one attached hydrogen (secondary N) is 1. The Kier molecular flexibility index (Phi) is 47.6. The Morgan fingerprint density at radius 2 is 0.861 bits per heavy atom. The number of hydrogen-bond acceptors (Lipinski definition) is 10. The Balaban J connectivity index is 2.24. The predicted octanol–water partition coefficient (Wildman–Crippen LogP) is 13.1. The number of rotatable bonds is 52. The van der Waals surface area contributed by atoms with E-state index in [1.807, 2.05) is 0 Å². The van der Waals surface area contributed by atoms with Gasteiger partial charge >= 0.3 is 0 Å². The molecule has 1 saturated heterocycles. The summed E-state index contributed by atoms with van der Waals surface area (Å²) in [5, 5.41) is 76.1. The van der Waals surface area contributed by atoms with Crippen LogP contribution in [0.2, 0.25) is 0 Å². The topological polar surface area (TPSA) is 189 Å². The van der Waals surface area contributed by atoms with Crippen LogP contribution in [0.15, 0.2) is 36.5 Å². The van der Waals surface area contributed by atoms with Gasteiger partial charge in [0.15, 0.2) is 6.29 Å². The zero-order valence-electron chi connectivity index (χ0n) is 46.4. The van der Waals surface area contributed by atoms with Crippen molar-refractivity contribution in [3.63, 3.8) is 0 Å². The molecule has 0 saturated carbocycles. The van der Waals surface area contributed by atoms with E-state index in [1.54, 1.807) is 0 Å². The highest BCUT2D eigenvalue weighted by molar-refractivity contribution is 5.80. The Labute approximate surface area is 441 Å². The van der Waals surface area contributed by atoms with Crippen molar-refractivity contribution in [1.82, 2.24) is 5.32 Å². The summed E-state index contributed by atoms with van der Waals surface area (Å²) in [5.74, 6) is -0.705. The van der Waals surface area contributed by atoms with Crippen molar-refractivity contribution in [2.75, 3.05) is 13.2 Å². The van der Waals surface area contributed by atoms with E-state index in [2.05, 4.69) is 55.6 Å². The first-order chi connectivity index (χ1) is 35.2. The molecular weight excluding hydrogens is 907 g/mol. The lowest BCUT2D eigenvalue weighted by molar-refractivity contribution is -0.303. The van der Waals surface area contributed by atoms with Gasteiger partial charge in [-0.3, -0.25) is 4.79 Å². The third-order valence-electron chi connectivity index (χ3n) is 14.7. The van der Waals surface area contributed by atoms with E-state index in [9.17, 15) is 40.5 Å². The summed E-state index contributed by atoms with van der Waals surface area (Å²) >= 11 is 0. The minimum Gasteiger partial charge on any atom is -0.394 e. The average Bonchev–Trinajstić information content (AvgIpc) is 3.38. The SMILES string of the molecule is CCCCCCCCCCC/C=C\C/C=C\CCCCCCCCCCCCCCCCC(O)C(=O)NC(COC1OC(CO)C(O)C(O)C1O)C(O)C(O)CCC/C=C/CCCCCCCCCCCC. The quantitative estimate of drug-likeness (QED) is 0.0215. The molecule has 0 bridgehead atoms. The summed E-state index contributed by atoms with van der Waals surface area (Å²) in [4.78, 5) is 13.2. The van der Waals surface area contributed by atoms with Crippen molar-refractivity contribution < 1.29 is 50.0 Å². The van der Waals surface area contributed by atoms with E-state index in [0.717, 1.165) is 44.9 Å². The molecule has 0 spiro atoms. The fourth-order valence-corrected chi connectivity index (χ4v) is 9.71. The first-order valence-electron chi connectivity index (χ1n) is 30.4. The van der Waals surface area contributed by atoms with E-state index in [4.69, 9.17) is 9.47 Å². The van der Waals surface area contributed by atoms with Gasteiger partial charge in [0.2, 0.25) is 5.91 Å². The van der Waals surface area contributed by atoms with Gasteiger partial charge in [-0.05, 0) is 70.6 Å². The molecule has 1 fully saturated rings. The molecule has 424 valence electrons. The zero-order chi connectivity index (χ0) is 52.5. The molecule has 1 aliphatic heterocycles. The first-order valence-corrected chi connectivity index (χ1v) is 30.4. The molecule has 0 radical (unpaired) electrons. The van der Waals surface area contributed by atoms with Gasteiger partial charge in [0.05, 0.1) is 25.4 Å². The van der Waals surface area contributed by atoms with E-state index in [1.165, 1.54) is 193 Å². The Morgan fingerprint density at radius 3 is 1.28 bits per heavy atom. The van der Waals surface area contributed by atoms with E-state index in [-0.39, 0.29) is 12.8 Å². The lowest BCUT2D eigenvalue weighted by Gasteiger charge is -2.40. The number of aliphatic hydroxyl groups excluding tert-OH is 7. The molecule has 1 heterocycles. The maximum absolute atomic E-state index is 13.2. The van der Waals surface area contributed by atoms with Crippen LogP contribution in [0.1, 0.15) is 277 Å². The molecule has 9 unspecified atom stereocenters. The molecule has 11 heteroatoms. The van der Waals surface area contributed by atoms with E-state index >= 15 is 0 Å². The van der Waals surface area contributed by atoms with E-state index < -0.39 is 74.2 Å². The molecule has 9 atom stereocenters. The summed E-state index contributed by atoms with van der Waals surface area (Å²) < 4.78 is 11.1. The fourth-order valence-electron chi connectivity index (χ4n) is 9.71. The van der Waals surface area contributed by atoms with Gasteiger partial charge in [-0.15, -0.1) is 0 Å². The Hall–Kier alpha value is -1.67. The molecule has 11 nitrogen and oxygen atoms in total. The summed E-state index contributed by atoms with van der Waals surface area (Å²) in [6, 6.07) is -1.18. The number of amides is 1. The van der Waals surface area contributed by atoms with Crippen LogP contribution in [0.25, 0.3) is 0 Å². The molecule has 0 aliphatic carbocycles. The maximum atomic E-state index is 13.2. The standard InChI is InChI=1S/C61H115NO10/c1-3-5-7-9-11-13-15-17-19-20-21-22-23-24-25-26-27-28-29-30-31-32-33-35-37-39-41-43-45-47-49-54(65)60(70)62-52(51-71-61-59(69)58(68)57(67)55(50-63)72-61)56(66)53(64)48-46-44-42-40-38-36-34-18-16-14-12-10-8-6-4-2/h21-22,24-25,40,42,52-59,61,63-69H,3-20,23,26-39,41,43-51H2,1-2H3,(H,62,70)/b22-21-,25-24-,42-40+.